The average molecular weight is 384 g/mol. The lowest BCUT2D eigenvalue weighted by atomic mass is 10.1. The third-order valence-electron chi connectivity index (χ3n) is 4.15. The van der Waals surface area contributed by atoms with Crippen molar-refractivity contribution in [1.29, 1.82) is 0 Å². The number of pyridine rings is 1. The molecule has 3 heterocycles. The van der Waals surface area contributed by atoms with Crippen molar-refractivity contribution >= 4 is 10.9 Å². The number of aromatic amines is 1. The first kappa shape index (κ1) is 17.9. The van der Waals surface area contributed by atoms with Gasteiger partial charge in [-0.2, -0.15) is 5.10 Å². The highest BCUT2D eigenvalue weighted by molar-refractivity contribution is 5.92. The summed E-state index contributed by atoms with van der Waals surface area (Å²) in [4.78, 5) is 4.15. The lowest BCUT2D eigenvalue weighted by Crippen LogP contribution is -2.05. The van der Waals surface area contributed by atoms with Crippen molar-refractivity contribution in [2.24, 2.45) is 0 Å². The molecule has 0 spiro atoms. The number of hydrogen-bond donors (Lipinski definition) is 1. The van der Waals surface area contributed by atoms with Crippen molar-refractivity contribution in [2.45, 2.75) is 0 Å². The van der Waals surface area contributed by atoms with Gasteiger partial charge < -0.3 is 18.7 Å². The second-order valence-electron chi connectivity index (χ2n) is 5.91. The second-order valence-corrected chi connectivity index (χ2v) is 5.91. The number of benzene rings is 1. The lowest BCUT2D eigenvalue weighted by molar-refractivity contribution is 0.144. The van der Waals surface area contributed by atoms with Crippen LogP contribution in [0.25, 0.3) is 33.6 Å². The van der Waals surface area contributed by atoms with E-state index in [0.717, 1.165) is 5.56 Å². The van der Waals surface area contributed by atoms with Gasteiger partial charge in [-0.15, -0.1) is 0 Å². The first-order valence-corrected chi connectivity index (χ1v) is 8.46. The fourth-order valence-electron chi connectivity index (χ4n) is 2.73. The molecule has 4 aromatic rings. The smallest absolute Gasteiger partial charge is 0.212 e. The van der Waals surface area contributed by atoms with Crippen molar-refractivity contribution in [1.82, 2.24) is 20.3 Å². The van der Waals surface area contributed by atoms with Crippen LogP contribution in [0, 0.1) is 5.82 Å². The third kappa shape index (κ3) is 3.39. The number of rotatable bonds is 7. The van der Waals surface area contributed by atoms with Crippen LogP contribution in [0.3, 0.4) is 0 Å². The average Bonchev–Trinajstić information content (AvgIpc) is 3.35. The maximum absolute atomic E-state index is 14.4. The summed E-state index contributed by atoms with van der Waals surface area (Å²) in [6.45, 7) is 0.619. The Morgan fingerprint density at radius 1 is 1.14 bits per heavy atom. The molecule has 1 aromatic carbocycles. The first-order chi connectivity index (χ1) is 13.7. The number of ether oxygens (including phenoxy) is 3. The zero-order valence-electron chi connectivity index (χ0n) is 15.2. The molecule has 144 valence electrons. The molecule has 0 saturated carbocycles. The molecule has 0 amide bonds. The van der Waals surface area contributed by atoms with Gasteiger partial charge in [0.15, 0.2) is 17.3 Å². The summed E-state index contributed by atoms with van der Waals surface area (Å²) in [5.74, 6) is 0.543. The van der Waals surface area contributed by atoms with Crippen molar-refractivity contribution in [3.8, 4) is 34.3 Å². The van der Waals surface area contributed by atoms with E-state index in [4.69, 9.17) is 18.7 Å². The number of halogens is 1. The number of H-pyrrole nitrogens is 1. The number of nitrogens with zero attached hydrogens (tertiary/aromatic N) is 3. The molecule has 0 radical (unpaired) electrons. The van der Waals surface area contributed by atoms with Gasteiger partial charge in [0, 0.05) is 42.5 Å². The Balaban J connectivity index is 1.64. The Kier molecular flexibility index (Phi) is 4.90. The summed E-state index contributed by atoms with van der Waals surface area (Å²) >= 11 is 0. The molecule has 0 aliphatic rings. The Morgan fingerprint density at radius 3 is 2.79 bits per heavy atom. The molecular weight excluding hydrogens is 367 g/mol. The number of hydrogen-bond acceptors (Lipinski definition) is 7. The zero-order valence-corrected chi connectivity index (χ0v) is 15.2. The Morgan fingerprint density at radius 2 is 2.04 bits per heavy atom. The minimum Gasteiger partial charge on any atom is -0.488 e. The molecule has 4 rings (SSSR count). The molecule has 1 N–H and O–H groups in total. The third-order valence-corrected chi connectivity index (χ3v) is 4.15. The van der Waals surface area contributed by atoms with Gasteiger partial charge in [-0.3, -0.25) is 5.10 Å². The SMILES string of the molecule is COCCOc1cc2[nH]nc(-c3cc(-c4ccc(OC)nc4)no3)c2cc1F. The number of fused-ring (bicyclic) bond motifs is 1. The molecule has 0 unspecified atom stereocenters. The van der Waals surface area contributed by atoms with Crippen LogP contribution >= 0.6 is 0 Å². The van der Waals surface area contributed by atoms with Gasteiger partial charge in [-0.05, 0) is 12.1 Å². The largest absolute Gasteiger partial charge is 0.488 e. The van der Waals surface area contributed by atoms with Gasteiger partial charge in [-0.25, -0.2) is 9.37 Å². The topological polar surface area (TPSA) is 95.3 Å². The van der Waals surface area contributed by atoms with Crippen molar-refractivity contribution in [3.63, 3.8) is 0 Å². The van der Waals surface area contributed by atoms with E-state index in [9.17, 15) is 4.39 Å². The molecule has 9 heteroatoms. The summed E-state index contributed by atoms with van der Waals surface area (Å²) in [5.41, 5.74) is 2.42. The molecule has 0 saturated heterocycles. The fourth-order valence-corrected chi connectivity index (χ4v) is 2.73. The zero-order chi connectivity index (χ0) is 19.5. The first-order valence-electron chi connectivity index (χ1n) is 8.46. The molecule has 8 nitrogen and oxygen atoms in total. The highest BCUT2D eigenvalue weighted by Gasteiger charge is 2.17. The Hall–Kier alpha value is -3.46. The molecule has 0 aliphatic carbocycles. The summed E-state index contributed by atoms with van der Waals surface area (Å²) in [6.07, 6.45) is 1.63. The van der Waals surface area contributed by atoms with Gasteiger partial charge in [0.2, 0.25) is 5.88 Å². The highest BCUT2D eigenvalue weighted by Crippen LogP contribution is 2.32. The molecule has 0 aliphatic heterocycles. The number of nitrogens with one attached hydrogen (secondary N) is 1. The van der Waals surface area contributed by atoms with Crippen LogP contribution in [0.1, 0.15) is 0 Å². The van der Waals surface area contributed by atoms with Crippen LogP contribution in [-0.4, -0.2) is 47.8 Å². The molecular formula is C19H17FN4O4. The van der Waals surface area contributed by atoms with E-state index in [2.05, 4.69) is 20.3 Å². The predicted molar refractivity (Wildman–Crippen MR) is 98.7 cm³/mol. The van der Waals surface area contributed by atoms with Gasteiger partial charge in [0.05, 0.1) is 19.2 Å². The minimum atomic E-state index is -0.495. The van der Waals surface area contributed by atoms with Crippen molar-refractivity contribution in [3.05, 3.63) is 42.3 Å². The van der Waals surface area contributed by atoms with Crippen LogP contribution in [0.5, 0.6) is 11.6 Å². The monoisotopic (exact) mass is 384 g/mol. The van der Waals surface area contributed by atoms with Crippen molar-refractivity contribution < 1.29 is 23.1 Å². The van der Waals surface area contributed by atoms with Crippen LogP contribution in [0.15, 0.2) is 41.1 Å². The van der Waals surface area contributed by atoms with Crippen LogP contribution in [0.4, 0.5) is 4.39 Å². The van der Waals surface area contributed by atoms with Gasteiger partial charge in [0.25, 0.3) is 0 Å². The van der Waals surface area contributed by atoms with Gasteiger partial charge in [0.1, 0.15) is 18.0 Å². The van der Waals surface area contributed by atoms with E-state index in [1.54, 1.807) is 38.6 Å². The molecule has 28 heavy (non-hydrogen) atoms. The number of methoxy groups -OCH3 is 2. The number of aromatic nitrogens is 4. The molecule has 0 bridgehead atoms. The quantitative estimate of drug-likeness (QED) is 0.488. The summed E-state index contributed by atoms with van der Waals surface area (Å²) in [5, 5.41) is 11.7. The predicted octanol–water partition coefficient (Wildman–Crippen LogP) is 3.45. The fraction of sp³-hybridized carbons (Fsp3) is 0.211. The molecule has 0 fully saturated rings. The van der Waals surface area contributed by atoms with Gasteiger partial charge >= 0.3 is 0 Å². The highest BCUT2D eigenvalue weighted by atomic mass is 19.1. The van der Waals surface area contributed by atoms with Crippen LogP contribution < -0.4 is 9.47 Å². The second kappa shape index (κ2) is 7.65. The van der Waals surface area contributed by atoms with Crippen LogP contribution in [-0.2, 0) is 4.74 Å². The van der Waals surface area contributed by atoms with Gasteiger partial charge in [-0.1, -0.05) is 5.16 Å². The van der Waals surface area contributed by atoms with E-state index in [0.29, 0.717) is 40.5 Å². The van der Waals surface area contributed by atoms with E-state index >= 15 is 0 Å². The van der Waals surface area contributed by atoms with E-state index in [1.165, 1.54) is 6.07 Å². The van der Waals surface area contributed by atoms with E-state index in [1.807, 2.05) is 6.07 Å². The molecule has 3 aromatic heterocycles. The Bertz CT molecular complexity index is 1090. The summed E-state index contributed by atoms with van der Waals surface area (Å²) in [6, 6.07) is 8.18. The summed E-state index contributed by atoms with van der Waals surface area (Å²) in [7, 11) is 3.10. The van der Waals surface area contributed by atoms with E-state index in [-0.39, 0.29) is 12.4 Å². The lowest BCUT2D eigenvalue weighted by Gasteiger charge is -2.06. The normalized spacial score (nSPS) is 11.1. The van der Waals surface area contributed by atoms with Crippen molar-refractivity contribution in [2.75, 3.05) is 27.4 Å². The van der Waals surface area contributed by atoms with Crippen LogP contribution in [0.2, 0.25) is 0 Å². The minimum absolute atomic E-state index is 0.127. The maximum atomic E-state index is 14.4. The standard InChI is InChI=1S/C19H17FN4O4/c1-25-5-6-27-16-9-15-12(7-13(16)20)19(23-22-15)17-8-14(24-28-17)11-3-4-18(26-2)21-10-11/h3-4,7-10H,5-6H2,1-2H3,(H,22,23). The van der Waals surface area contributed by atoms with E-state index < -0.39 is 5.82 Å². The maximum Gasteiger partial charge on any atom is 0.212 e. The Labute approximate surface area is 159 Å². The molecule has 0 atom stereocenters. The summed E-state index contributed by atoms with van der Waals surface area (Å²) < 4.78 is 35.1.